The fraction of sp³-hybridized carbons (Fsp3) is 0.150. The molecule has 0 aliphatic heterocycles. The van der Waals surface area contributed by atoms with Crippen LogP contribution in [0.25, 0.3) is 0 Å². The second kappa shape index (κ2) is 9.63. The molecule has 4 N–H and O–H groups in total. The number of rotatable bonds is 8. The first-order chi connectivity index (χ1) is 13.0. The van der Waals surface area contributed by atoms with E-state index in [2.05, 4.69) is 10.6 Å². The molecule has 0 aliphatic carbocycles. The number of nitriles is 1. The highest BCUT2D eigenvalue weighted by molar-refractivity contribution is 5.97. The quantitative estimate of drug-likeness (QED) is 0.419. The number of phenols is 1. The Hall–Kier alpha value is -3.79. The van der Waals surface area contributed by atoms with Crippen molar-refractivity contribution in [2.75, 3.05) is 6.54 Å². The van der Waals surface area contributed by atoms with Crippen LogP contribution in [0.5, 0.6) is 5.75 Å². The number of nitrogens with one attached hydrogen (secondary N) is 2. The highest BCUT2D eigenvalue weighted by atomic mass is 16.4. The summed E-state index contributed by atoms with van der Waals surface area (Å²) in [5, 5.41) is 32.8. The van der Waals surface area contributed by atoms with Crippen molar-refractivity contribution < 1.29 is 19.8 Å². The van der Waals surface area contributed by atoms with Crippen molar-refractivity contribution in [3.8, 4) is 11.8 Å². The van der Waals surface area contributed by atoms with Gasteiger partial charge < -0.3 is 20.8 Å². The molecule has 2 rings (SSSR count). The Morgan fingerprint density at radius 3 is 2.26 bits per heavy atom. The smallest absolute Gasteiger partial charge is 0.335 e. The molecule has 138 valence electrons. The second-order valence-electron chi connectivity index (χ2n) is 5.73. The SMILES string of the molecule is N#C/C(=C/NCc1ccc(C(=O)O)cc1)C(=O)NCCc1ccc(O)cc1. The van der Waals surface area contributed by atoms with Gasteiger partial charge in [0.05, 0.1) is 5.56 Å². The number of benzene rings is 2. The number of nitrogens with zero attached hydrogens (tertiary/aromatic N) is 1. The molecule has 0 heterocycles. The Labute approximate surface area is 156 Å². The molecule has 2 aromatic rings. The number of aromatic carboxylic acids is 1. The molecule has 0 fully saturated rings. The molecule has 0 saturated carbocycles. The Morgan fingerprint density at radius 2 is 1.67 bits per heavy atom. The van der Waals surface area contributed by atoms with Crippen LogP contribution in [0.4, 0.5) is 0 Å². The number of phenolic OH excluding ortho intramolecular Hbond substituents is 1. The van der Waals surface area contributed by atoms with Crippen LogP contribution in [0.2, 0.25) is 0 Å². The van der Waals surface area contributed by atoms with Gasteiger partial charge in [0.15, 0.2) is 0 Å². The second-order valence-corrected chi connectivity index (χ2v) is 5.73. The van der Waals surface area contributed by atoms with Crippen LogP contribution < -0.4 is 10.6 Å². The minimum Gasteiger partial charge on any atom is -0.508 e. The minimum atomic E-state index is -0.995. The fourth-order valence-corrected chi connectivity index (χ4v) is 2.26. The summed E-state index contributed by atoms with van der Waals surface area (Å²) in [6.07, 6.45) is 1.91. The summed E-state index contributed by atoms with van der Waals surface area (Å²) in [6.45, 7) is 0.713. The molecule has 0 radical (unpaired) electrons. The third kappa shape index (κ3) is 6.21. The molecule has 0 saturated heterocycles. The van der Waals surface area contributed by atoms with Crippen molar-refractivity contribution in [3.63, 3.8) is 0 Å². The maximum absolute atomic E-state index is 12.0. The number of amides is 1. The number of carboxylic acids is 1. The largest absolute Gasteiger partial charge is 0.508 e. The van der Waals surface area contributed by atoms with Gasteiger partial charge in [-0.05, 0) is 41.8 Å². The van der Waals surface area contributed by atoms with E-state index >= 15 is 0 Å². The van der Waals surface area contributed by atoms with Crippen molar-refractivity contribution in [1.82, 2.24) is 10.6 Å². The van der Waals surface area contributed by atoms with Crippen LogP contribution in [0.15, 0.2) is 60.3 Å². The summed E-state index contributed by atoms with van der Waals surface area (Å²) in [5.74, 6) is -1.30. The van der Waals surface area contributed by atoms with Crippen LogP contribution in [0, 0.1) is 11.3 Å². The monoisotopic (exact) mass is 365 g/mol. The molecule has 7 nitrogen and oxygen atoms in total. The molecule has 0 unspecified atom stereocenters. The average molecular weight is 365 g/mol. The Morgan fingerprint density at radius 1 is 1.04 bits per heavy atom. The normalized spacial score (nSPS) is 10.7. The van der Waals surface area contributed by atoms with Gasteiger partial charge in [-0.15, -0.1) is 0 Å². The molecule has 0 aliphatic rings. The lowest BCUT2D eigenvalue weighted by Crippen LogP contribution is -2.27. The van der Waals surface area contributed by atoms with Crippen molar-refractivity contribution in [1.29, 1.82) is 5.26 Å². The summed E-state index contributed by atoms with van der Waals surface area (Å²) >= 11 is 0. The Balaban J connectivity index is 1.81. The van der Waals surface area contributed by atoms with Crippen LogP contribution in [-0.4, -0.2) is 28.6 Å². The lowest BCUT2D eigenvalue weighted by molar-refractivity contribution is -0.117. The first-order valence-electron chi connectivity index (χ1n) is 8.21. The highest BCUT2D eigenvalue weighted by Crippen LogP contribution is 2.09. The van der Waals surface area contributed by atoms with E-state index in [-0.39, 0.29) is 16.9 Å². The van der Waals surface area contributed by atoms with Gasteiger partial charge in [-0.2, -0.15) is 5.26 Å². The number of carbonyl (C=O) groups excluding carboxylic acids is 1. The van der Waals surface area contributed by atoms with Gasteiger partial charge in [0.25, 0.3) is 5.91 Å². The van der Waals surface area contributed by atoms with E-state index in [4.69, 9.17) is 10.4 Å². The molecule has 0 spiro atoms. The van der Waals surface area contributed by atoms with Crippen molar-refractivity contribution in [2.24, 2.45) is 0 Å². The molecular formula is C20H19N3O4. The molecule has 0 bridgehead atoms. The summed E-state index contributed by atoms with van der Waals surface area (Å²) < 4.78 is 0. The van der Waals surface area contributed by atoms with Crippen molar-refractivity contribution >= 4 is 11.9 Å². The van der Waals surface area contributed by atoms with E-state index in [9.17, 15) is 14.7 Å². The van der Waals surface area contributed by atoms with Gasteiger partial charge >= 0.3 is 5.97 Å². The highest BCUT2D eigenvalue weighted by Gasteiger charge is 2.08. The number of carboxylic acid groups (broad SMARTS) is 1. The van der Waals surface area contributed by atoms with Gasteiger partial charge in [0, 0.05) is 19.3 Å². The van der Waals surface area contributed by atoms with E-state index in [1.54, 1.807) is 36.4 Å². The molecule has 1 amide bonds. The standard InChI is InChI=1S/C20H19N3O4/c21-11-17(13-22-12-15-1-5-16(6-2-15)20(26)27)19(25)23-10-9-14-3-7-18(24)8-4-14/h1-8,13,22,24H,9-10,12H2,(H,23,25)(H,26,27)/b17-13-. The van der Waals surface area contributed by atoms with Crippen molar-refractivity contribution in [3.05, 3.63) is 77.0 Å². The predicted molar refractivity (Wildman–Crippen MR) is 98.8 cm³/mol. The van der Waals surface area contributed by atoms with Gasteiger partial charge in [-0.3, -0.25) is 4.79 Å². The molecule has 2 aromatic carbocycles. The van der Waals surface area contributed by atoms with Crippen molar-refractivity contribution in [2.45, 2.75) is 13.0 Å². The van der Waals surface area contributed by atoms with E-state index in [1.807, 2.05) is 6.07 Å². The molecule has 7 heteroatoms. The number of carbonyl (C=O) groups is 2. The molecular weight excluding hydrogens is 346 g/mol. The van der Waals surface area contributed by atoms with E-state index in [1.165, 1.54) is 18.3 Å². The molecule has 0 aromatic heterocycles. The zero-order valence-electron chi connectivity index (χ0n) is 14.5. The number of hydrogen-bond donors (Lipinski definition) is 4. The lowest BCUT2D eigenvalue weighted by Gasteiger charge is -2.06. The first kappa shape index (κ1) is 19.5. The summed E-state index contributed by atoms with van der Waals surface area (Å²) in [4.78, 5) is 22.8. The van der Waals surface area contributed by atoms with Gasteiger partial charge in [-0.25, -0.2) is 4.79 Å². The third-order valence-electron chi connectivity index (χ3n) is 3.75. The van der Waals surface area contributed by atoms with Crippen LogP contribution in [0.3, 0.4) is 0 Å². The summed E-state index contributed by atoms with van der Waals surface area (Å²) in [7, 11) is 0. The summed E-state index contributed by atoms with van der Waals surface area (Å²) in [6, 6.07) is 14.8. The molecule has 27 heavy (non-hydrogen) atoms. The Kier molecular flexibility index (Phi) is 6.97. The van der Waals surface area contributed by atoms with E-state index in [0.29, 0.717) is 19.5 Å². The van der Waals surface area contributed by atoms with E-state index < -0.39 is 11.9 Å². The fourth-order valence-electron chi connectivity index (χ4n) is 2.26. The van der Waals surface area contributed by atoms with Crippen LogP contribution >= 0.6 is 0 Å². The lowest BCUT2D eigenvalue weighted by atomic mass is 10.1. The van der Waals surface area contributed by atoms with E-state index in [0.717, 1.165) is 11.1 Å². The third-order valence-corrected chi connectivity index (χ3v) is 3.75. The zero-order valence-corrected chi connectivity index (χ0v) is 14.5. The average Bonchev–Trinajstić information content (AvgIpc) is 2.67. The van der Waals surface area contributed by atoms with Gasteiger partial charge in [0.2, 0.25) is 0 Å². The van der Waals surface area contributed by atoms with Gasteiger partial charge in [-0.1, -0.05) is 24.3 Å². The van der Waals surface area contributed by atoms with Crippen LogP contribution in [0.1, 0.15) is 21.5 Å². The maximum Gasteiger partial charge on any atom is 0.335 e. The predicted octanol–water partition coefficient (Wildman–Crippen LogP) is 1.95. The van der Waals surface area contributed by atoms with Gasteiger partial charge in [0.1, 0.15) is 17.4 Å². The maximum atomic E-state index is 12.0. The topological polar surface area (TPSA) is 122 Å². The van der Waals surface area contributed by atoms with Crippen LogP contribution in [-0.2, 0) is 17.8 Å². The zero-order chi connectivity index (χ0) is 19.6. The molecule has 0 atom stereocenters. The first-order valence-corrected chi connectivity index (χ1v) is 8.21. The number of aromatic hydroxyl groups is 1. The number of hydrogen-bond acceptors (Lipinski definition) is 5. The summed E-state index contributed by atoms with van der Waals surface area (Å²) in [5.41, 5.74) is 1.92. The minimum absolute atomic E-state index is 0.0529. The Bertz CT molecular complexity index is 866.